The fourth-order valence-corrected chi connectivity index (χ4v) is 1.42. The number of rotatable bonds is 3. The summed E-state index contributed by atoms with van der Waals surface area (Å²) in [5.41, 5.74) is 8.55. The van der Waals surface area contributed by atoms with Crippen LogP contribution in [0.25, 0.3) is 0 Å². The summed E-state index contributed by atoms with van der Waals surface area (Å²) < 4.78 is 0. The maximum absolute atomic E-state index is 7.32. The van der Waals surface area contributed by atoms with Crippen LogP contribution >= 0.6 is 0 Å². The molecule has 1 aromatic carbocycles. The van der Waals surface area contributed by atoms with Crippen molar-refractivity contribution < 1.29 is 0 Å². The second-order valence-electron chi connectivity index (χ2n) is 3.43. The smallest absolute Gasteiger partial charge is 0.122 e. The molecule has 1 aromatic rings. The van der Waals surface area contributed by atoms with E-state index in [9.17, 15) is 0 Å². The third-order valence-electron chi connectivity index (χ3n) is 2.39. The zero-order valence-corrected chi connectivity index (χ0v) is 8.96. The normalized spacial score (nSPS) is 9.93. The lowest BCUT2D eigenvalue weighted by Crippen LogP contribution is -2.18. The van der Waals surface area contributed by atoms with Gasteiger partial charge in [0, 0.05) is 24.8 Å². The summed E-state index contributed by atoms with van der Waals surface area (Å²) in [6, 6.07) is 5.84. The number of aryl methyl sites for hydroxylation is 1. The van der Waals surface area contributed by atoms with Crippen LogP contribution in [0.2, 0.25) is 0 Å². The molecule has 14 heavy (non-hydrogen) atoms. The van der Waals surface area contributed by atoms with Crippen molar-refractivity contribution in [2.24, 2.45) is 5.73 Å². The van der Waals surface area contributed by atoms with Gasteiger partial charge in [-0.05, 0) is 37.6 Å². The Hall–Kier alpha value is -1.51. The lowest BCUT2D eigenvalue weighted by molar-refractivity contribution is 0.961. The Kier molecular flexibility index (Phi) is 3.12. The molecule has 0 bridgehead atoms. The molecular formula is C11H17N3. The Morgan fingerprint density at radius 2 is 2.14 bits per heavy atom. The number of nitrogen functional groups attached to an aromatic ring is 1. The molecule has 0 aromatic heterocycles. The van der Waals surface area contributed by atoms with E-state index in [0.717, 1.165) is 17.7 Å². The second-order valence-corrected chi connectivity index (χ2v) is 3.43. The van der Waals surface area contributed by atoms with Crippen LogP contribution in [0.15, 0.2) is 18.2 Å². The van der Waals surface area contributed by atoms with Gasteiger partial charge in [-0.2, -0.15) is 0 Å². The van der Waals surface area contributed by atoms with E-state index in [1.165, 1.54) is 5.69 Å². The summed E-state index contributed by atoms with van der Waals surface area (Å²) in [7, 11) is 2.05. The lowest BCUT2D eigenvalue weighted by Gasteiger charge is -2.19. The highest BCUT2D eigenvalue weighted by Gasteiger charge is 2.04. The summed E-state index contributed by atoms with van der Waals surface area (Å²) >= 11 is 0. The Bertz CT molecular complexity index is 344. The maximum Gasteiger partial charge on any atom is 0.122 e. The first-order valence-corrected chi connectivity index (χ1v) is 4.72. The highest BCUT2D eigenvalue weighted by molar-refractivity contribution is 5.95. The van der Waals surface area contributed by atoms with Crippen LogP contribution in [-0.2, 0) is 0 Å². The molecule has 0 fully saturated rings. The number of anilines is 1. The highest BCUT2D eigenvalue weighted by atomic mass is 15.1. The molecule has 0 aliphatic rings. The predicted molar refractivity (Wildman–Crippen MR) is 61.1 cm³/mol. The van der Waals surface area contributed by atoms with E-state index in [0.29, 0.717) is 0 Å². The fraction of sp³-hybridized carbons (Fsp3) is 0.364. The van der Waals surface area contributed by atoms with Gasteiger partial charge in [0.25, 0.3) is 0 Å². The molecule has 0 spiro atoms. The summed E-state index contributed by atoms with van der Waals surface area (Å²) in [6.45, 7) is 5.12. The minimum Gasteiger partial charge on any atom is -0.384 e. The molecule has 0 saturated heterocycles. The predicted octanol–water partition coefficient (Wildman–Crippen LogP) is 1.74. The molecule has 0 heterocycles. The van der Waals surface area contributed by atoms with E-state index in [1.54, 1.807) is 0 Å². The summed E-state index contributed by atoms with van der Waals surface area (Å²) in [5, 5.41) is 7.32. The largest absolute Gasteiger partial charge is 0.384 e. The van der Waals surface area contributed by atoms with Crippen molar-refractivity contribution in [1.82, 2.24) is 0 Å². The SMILES string of the molecule is CCN(C)c1ccc(C(=N)N)cc1C. The number of hydrogen-bond acceptors (Lipinski definition) is 2. The number of amidine groups is 1. The van der Waals surface area contributed by atoms with Gasteiger partial charge in [-0.1, -0.05) is 0 Å². The van der Waals surface area contributed by atoms with Gasteiger partial charge in [0.1, 0.15) is 5.84 Å². The van der Waals surface area contributed by atoms with E-state index in [1.807, 2.05) is 25.1 Å². The first kappa shape index (κ1) is 10.6. The van der Waals surface area contributed by atoms with E-state index in [2.05, 4.69) is 18.9 Å². The van der Waals surface area contributed by atoms with Crippen LogP contribution in [-0.4, -0.2) is 19.4 Å². The molecule has 76 valence electrons. The van der Waals surface area contributed by atoms with Crippen molar-refractivity contribution >= 4 is 11.5 Å². The number of nitrogens with zero attached hydrogens (tertiary/aromatic N) is 1. The van der Waals surface area contributed by atoms with Crippen LogP contribution in [0.4, 0.5) is 5.69 Å². The molecule has 0 amide bonds. The third-order valence-corrected chi connectivity index (χ3v) is 2.39. The van der Waals surface area contributed by atoms with Gasteiger partial charge in [-0.25, -0.2) is 0 Å². The summed E-state index contributed by atoms with van der Waals surface area (Å²) in [5.74, 6) is 0.124. The molecular weight excluding hydrogens is 174 g/mol. The van der Waals surface area contributed by atoms with Crippen molar-refractivity contribution in [3.8, 4) is 0 Å². The van der Waals surface area contributed by atoms with Crippen LogP contribution in [0.5, 0.6) is 0 Å². The monoisotopic (exact) mass is 191 g/mol. The van der Waals surface area contributed by atoms with Crippen molar-refractivity contribution in [3.63, 3.8) is 0 Å². The molecule has 3 N–H and O–H groups in total. The van der Waals surface area contributed by atoms with Crippen molar-refractivity contribution in [1.29, 1.82) is 5.41 Å². The van der Waals surface area contributed by atoms with Crippen molar-refractivity contribution in [2.45, 2.75) is 13.8 Å². The Morgan fingerprint density at radius 3 is 2.57 bits per heavy atom. The van der Waals surface area contributed by atoms with E-state index in [4.69, 9.17) is 11.1 Å². The Morgan fingerprint density at radius 1 is 1.50 bits per heavy atom. The summed E-state index contributed by atoms with van der Waals surface area (Å²) in [4.78, 5) is 2.17. The summed E-state index contributed by atoms with van der Waals surface area (Å²) in [6.07, 6.45) is 0. The molecule has 0 aliphatic heterocycles. The first-order valence-electron chi connectivity index (χ1n) is 4.72. The zero-order valence-electron chi connectivity index (χ0n) is 8.96. The lowest BCUT2D eigenvalue weighted by atomic mass is 10.1. The van der Waals surface area contributed by atoms with Crippen LogP contribution in [0, 0.1) is 12.3 Å². The Labute approximate surface area is 85.0 Å². The average Bonchev–Trinajstić information content (AvgIpc) is 2.16. The average molecular weight is 191 g/mol. The number of hydrogen-bond donors (Lipinski definition) is 2. The quantitative estimate of drug-likeness (QED) is 0.564. The minimum atomic E-state index is 0.124. The molecule has 0 unspecified atom stereocenters. The van der Waals surface area contributed by atoms with E-state index in [-0.39, 0.29) is 5.84 Å². The van der Waals surface area contributed by atoms with Gasteiger partial charge in [-0.15, -0.1) is 0 Å². The first-order chi connectivity index (χ1) is 6.56. The topological polar surface area (TPSA) is 53.1 Å². The van der Waals surface area contributed by atoms with Crippen LogP contribution in [0.1, 0.15) is 18.1 Å². The molecule has 0 atom stereocenters. The molecule has 0 radical (unpaired) electrons. The number of benzene rings is 1. The van der Waals surface area contributed by atoms with Gasteiger partial charge in [0.05, 0.1) is 0 Å². The standard InChI is InChI=1S/C11H17N3/c1-4-14(3)10-6-5-9(11(12)13)7-8(10)2/h5-7H,4H2,1-3H3,(H3,12,13). The van der Waals surface area contributed by atoms with Crippen molar-refractivity contribution in [3.05, 3.63) is 29.3 Å². The van der Waals surface area contributed by atoms with E-state index >= 15 is 0 Å². The number of nitrogens with two attached hydrogens (primary N) is 1. The highest BCUT2D eigenvalue weighted by Crippen LogP contribution is 2.19. The second kappa shape index (κ2) is 4.13. The van der Waals surface area contributed by atoms with Gasteiger partial charge in [0.15, 0.2) is 0 Å². The van der Waals surface area contributed by atoms with E-state index < -0.39 is 0 Å². The number of nitrogens with one attached hydrogen (secondary N) is 1. The molecule has 1 rings (SSSR count). The van der Waals surface area contributed by atoms with Gasteiger partial charge >= 0.3 is 0 Å². The molecule has 3 heteroatoms. The Balaban J connectivity index is 3.07. The van der Waals surface area contributed by atoms with Gasteiger partial charge < -0.3 is 10.6 Å². The van der Waals surface area contributed by atoms with Gasteiger partial charge in [0.2, 0.25) is 0 Å². The van der Waals surface area contributed by atoms with Crippen LogP contribution in [0.3, 0.4) is 0 Å². The van der Waals surface area contributed by atoms with Gasteiger partial charge in [-0.3, -0.25) is 5.41 Å². The maximum atomic E-state index is 7.32. The van der Waals surface area contributed by atoms with Crippen molar-refractivity contribution in [2.75, 3.05) is 18.5 Å². The molecule has 0 aliphatic carbocycles. The van der Waals surface area contributed by atoms with Crippen LogP contribution < -0.4 is 10.6 Å². The molecule has 0 saturated carbocycles. The third kappa shape index (κ3) is 2.05. The molecule has 3 nitrogen and oxygen atoms in total. The minimum absolute atomic E-state index is 0.124. The zero-order chi connectivity index (χ0) is 10.7. The fourth-order valence-electron chi connectivity index (χ4n) is 1.42.